The predicted octanol–water partition coefficient (Wildman–Crippen LogP) is 13.8. The molecule has 7 aromatic carbocycles. The number of allylic oxidation sites excluding steroid dienone is 6. The molecule has 0 saturated heterocycles. The average Bonchev–Trinajstić information content (AvgIpc) is 3.21. The Morgan fingerprint density at radius 3 is 2.14 bits per heavy atom. The summed E-state index contributed by atoms with van der Waals surface area (Å²) < 4.78 is 0. The van der Waals surface area contributed by atoms with Crippen molar-refractivity contribution in [3.63, 3.8) is 0 Å². The van der Waals surface area contributed by atoms with Crippen LogP contribution in [0.2, 0.25) is 0 Å². The van der Waals surface area contributed by atoms with Crippen LogP contribution in [-0.2, 0) is 12.8 Å². The summed E-state index contributed by atoms with van der Waals surface area (Å²) in [5.41, 5.74) is 14.7. The topological polar surface area (TPSA) is 3.24 Å². The van der Waals surface area contributed by atoms with Crippen LogP contribution in [0.1, 0.15) is 47.9 Å². The van der Waals surface area contributed by atoms with Crippen LogP contribution in [0, 0.1) is 0 Å². The SMILES string of the molecule is C1=CCCC(N(c2ccc3cc(-c4cc5cc(-c6ccccc6)c6c(c5c5ccccc45)C=CCC6)ccc3c2)c2cccc3c2CCC=C3)=C1. The molecule has 0 amide bonds. The predicted molar refractivity (Wildman–Crippen MR) is 220 cm³/mol. The highest BCUT2D eigenvalue weighted by atomic mass is 15.2. The lowest BCUT2D eigenvalue weighted by Crippen LogP contribution is -2.19. The van der Waals surface area contributed by atoms with Gasteiger partial charge >= 0.3 is 0 Å². The average molecular weight is 654 g/mol. The van der Waals surface area contributed by atoms with Crippen LogP contribution >= 0.6 is 0 Å². The van der Waals surface area contributed by atoms with E-state index in [-0.39, 0.29) is 0 Å². The van der Waals surface area contributed by atoms with Crippen LogP contribution in [-0.4, -0.2) is 0 Å². The highest BCUT2D eigenvalue weighted by Gasteiger charge is 2.22. The van der Waals surface area contributed by atoms with Gasteiger partial charge in [-0.1, -0.05) is 121 Å². The molecule has 0 heterocycles. The molecule has 3 aliphatic rings. The number of hydrogen-bond acceptors (Lipinski definition) is 1. The van der Waals surface area contributed by atoms with Gasteiger partial charge < -0.3 is 4.90 Å². The molecule has 0 N–H and O–H groups in total. The molecule has 0 aliphatic heterocycles. The second kappa shape index (κ2) is 12.4. The van der Waals surface area contributed by atoms with Crippen LogP contribution in [0.3, 0.4) is 0 Å². The van der Waals surface area contributed by atoms with Crippen molar-refractivity contribution < 1.29 is 0 Å². The molecular formula is C50H39N. The van der Waals surface area contributed by atoms with E-state index < -0.39 is 0 Å². The van der Waals surface area contributed by atoms with E-state index in [1.54, 1.807) is 0 Å². The van der Waals surface area contributed by atoms with E-state index in [1.165, 1.54) is 93.9 Å². The first-order chi connectivity index (χ1) is 25.3. The molecule has 10 rings (SSSR count). The van der Waals surface area contributed by atoms with Crippen LogP contribution in [0.4, 0.5) is 11.4 Å². The van der Waals surface area contributed by atoms with Gasteiger partial charge in [0.2, 0.25) is 0 Å². The van der Waals surface area contributed by atoms with Crippen LogP contribution in [0.5, 0.6) is 0 Å². The highest BCUT2D eigenvalue weighted by Crippen LogP contribution is 2.44. The lowest BCUT2D eigenvalue weighted by molar-refractivity contribution is 0.904. The van der Waals surface area contributed by atoms with Gasteiger partial charge in [-0.25, -0.2) is 0 Å². The van der Waals surface area contributed by atoms with E-state index in [1.807, 2.05) is 0 Å². The molecule has 0 fully saturated rings. The molecular weight excluding hydrogens is 615 g/mol. The second-order valence-electron chi connectivity index (χ2n) is 14.2. The maximum Gasteiger partial charge on any atom is 0.0496 e. The molecule has 1 heteroatoms. The molecule has 51 heavy (non-hydrogen) atoms. The first-order valence-electron chi connectivity index (χ1n) is 18.5. The number of benzene rings is 7. The van der Waals surface area contributed by atoms with Crippen LogP contribution in [0.25, 0.3) is 66.7 Å². The lowest BCUT2D eigenvalue weighted by atomic mass is 9.82. The number of anilines is 2. The van der Waals surface area contributed by atoms with Crippen molar-refractivity contribution >= 4 is 55.8 Å². The molecule has 0 unspecified atom stereocenters. The van der Waals surface area contributed by atoms with Crippen molar-refractivity contribution in [2.24, 2.45) is 0 Å². The molecule has 0 atom stereocenters. The third-order valence-corrected chi connectivity index (χ3v) is 11.2. The summed E-state index contributed by atoms with van der Waals surface area (Å²) >= 11 is 0. The van der Waals surface area contributed by atoms with Gasteiger partial charge in [0.15, 0.2) is 0 Å². The van der Waals surface area contributed by atoms with Gasteiger partial charge in [-0.3, -0.25) is 0 Å². The third-order valence-electron chi connectivity index (χ3n) is 11.2. The molecule has 1 nitrogen and oxygen atoms in total. The first kappa shape index (κ1) is 29.9. The Morgan fingerprint density at radius 2 is 1.25 bits per heavy atom. The second-order valence-corrected chi connectivity index (χ2v) is 14.2. The Kier molecular flexibility index (Phi) is 7.31. The summed E-state index contributed by atoms with van der Waals surface area (Å²) in [5, 5.41) is 7.82. The zero-order valence-corrected chi connectivity index (χ0v) is 28.8. The molecule has 0 saturated carbocycles. The van der Waals surface area contributed by atoms with E-state index >= 15 is 0 Å². The molecule has 244 valence electrons. The zero-order valence-electron chi connectivity index (χ0n) is 28.8. The Balaban J connectivity index is 1.13. The van der Waals surface area contributed by atoms with Gasteiger partial charge in [-0.05, 0) is 158 Å². The Bertz CT molecular complexity index is 2630. The van der Waals surface area contributed by atoms with E-state index in [2.05, 4.69) is 169 Å². The lowest BCUT2D eigenvalue weighted by Gasteiger charge is -2.32. The molecule has 0 radical (unpaired) electrons. The van der Waals surface area contributed by atoms with Crippen molar-refractivity contribution in [2.45, 2.75) is 38.5 Å². The van der Waals surface area contributed by atoms with Gasteiger partial charge in [0.1, 0.15) is 0 Å². The first-order valence-corrected chi connectivity index (χ1v) is 18.5. The zero-order chi connectivity index (χ0) is 33.7. The summed E-state index contributed by atoms with van der Waals surface area (Å²) in [5.74, 6) is 0. The summed E-state index contributed by atoms with van der Waals surface area (Å²) in [4.78, 5) is 2.52. The number of hydrogen-bond donors (Lipinski definition) is 0. The summed E-state index contributed by atoms with van der Waals surface area (Å²) in [7, 11) is 0. The minimum absolute atomic E-state index is 1.03. The van der Waals surface area contributed by atoms with Gasteiger partial charge in [0.25, 0.3) is 0 Å². The minimum atomic E-state index is 1.03. The van der Waals surface area contributed by atoms with Gasteiger partial charge in [0, 0.05) is 17.1 Å². The molecule has 7 aromatic rings. The Labute approximate surface area is 300 Å². The Morgan fingerprint density at radius 1 is 0.490 bits per heavy atom. The summed E-state index contributed by atoms with van der Waals surface area (Å²) in [6.45, 7) is 0. The maximum atomic E-state index is 2.52. The molecule has 3 aliphatic carbocycles. The van der Waals surface area contributed by atoms with E-state index in [0.717, 1.165) is 38.5 Å². The third kappa shape index (κ3) is 5.15. The number of rotatable bonds is 5. The van der Waals surface area contributed by atoms with Crippen molar-refractivity contribution in [1.29, 1.82) is 0 Å². The van der Waals surface area contributed by atoms with Crippen LogP contribution in [0.15, 0.2) is 157 Å². The standard InChI is InChI=1S/C50H39N/c1-3-14-35(15-4-1)47-32-39-33-48(44-22-10-12-24-46(44)50(39)45-23-11-9-21-43(45)47)38-27-26-37-31-41(29-28-36(37)30-38)51(40-18-5-2-6-19-40)49-25-13-17-34-16-7-8-20-42(34)49/h1-5,7,10-18,22-33H,6,8-9,19-21H2. The van der Waals surface area contributed by atoms with Crippen molar-refractivity contribution in [3.05, 3.63) is 180 Å². The molecule has 0 spiro atoms. The van der Waals surface area contributed by atoms with Crippen molar-refractivity contribution in [3.8, 4) is 22.3 Å². The smallest absolute Gasteiger partial charge is 0.0496 e. The van der Waals surface area contributed by atoms with Gasteiger partial charge in [0.05, 0.1) is 0 Å². The van der Waals surface area contributed by atoms with E-state index in [9.17, 15) is 0 Å². The van der Waals surface area contributed by atoms with Gasteiger partial charge in [-0.2, -0.15) is 0 Å². The summed E-state index contributed by atoms with van der Waals surface area (Å²) in [6, 6.07) is 45.7. The maximum absolute atomic E-state index is 2.52. The van der Waals surface area contributed by atoms with E-state index in [4.69, 9.17) is 0 Å². The Hall–Kier alpha value is -5.92. The molecule has 0 aromatic heterocycles. The monoisotopic (exact) mass is 653 g/mol. The van der Waals surface area contributed by atoms with Gasteiger partial charge in [-0.15, -0.1) is 0 Å². The van der Waals surface area contributed by atoms with E-state index in [0.29, 0.717) is 0 Å². The molecule has 0 bridgehead atoms. The summed E-state index contributed by atoms with van der Waals surface area (Å²) in [6.07, 6.45) is 22.5. The fraction of sp³-hybridized carbons (Fsp3) is 0.120. The number of fused-ring (bicyclic) bond motifs is 7. The van der Waals surface area contributed by atoms with Crippen molar-refractivity contribution in [2.75, 3.05) is 4.90 Å². The minimum Gasteiger partial charge on any atom is -0.314 e. The normalized spacial score (nSPS) is 14.9. The number of nitrogens with zero attached hydrogens (tertiary/aromatic N) is 1. The van der Waals surface area contributed by atoms with Crippen molar-refractivity contribution in [1.82, 2.24) is 0 Å². The highest BCUT2D eigenvalue weighted by molar-refractivity contribution is 6.18. The quantitative estimate of drug-likeness (QED) is 0.167. The largest absolute Gasteiger partial charge is 0.314 e. The van der Waals surface area contributed by atoms with Crippen LogP contribution < -0.4 is 4.90 Å². The fourth-order valence-corrected chi connectivity index (χ4v) is 8.79. The fourth-order valence-electron chi connectivity index (χ4n) is 8.79.